The average molecular weight is 289 g/mol. The molecule has 0 bridgehead atoms. The second kappa shape index (κ2) is 6.88. The molecule has 0 aliphatic heterocycles. The van der Waals surface area contributed by atoms with Crippen LogP contribution in [0.3, 0.4) is 0 Å². The van der Waals surface area contributed by atoms with Crippen molar-refractivity contribution in [2.24, 2.45) is 5.92 Å². The second-order valence-corrected chi connectivity index (χ2v) is 5.11. The van der Waals surface area contributed by atoms with Gasteiger partial charge in [-0.05, 0) is 18.4 Å². The molecule has 0 saturated carbocycles. The van der Waals surface area contributed by atoms with Gasteiger partial charge in [0.25, 0.3) is 0 Å². The van der Waals surface area contributed by atoms with Crippen LogP contribution in [0.5, 0.6) is 0 Å². The first kappa shape index (κ1) is 15.0. The van der Waals surface area contributed by atoms with E-state index in [1.807, 2.05) is 44.2 Å². The lowest BCUT2D eigenvalue weighted by Gasteiger charge is -2.18. The van der Waals surface area contributed by atoms with E-state index in [1.165, 1.54) is 0 Å². The number of alkyl carbamates (subject to hydrolysis) is 1. The Labute approximate surface area is 123 Å². The monoisotopic (exact) mass is 289 g/mol. The van der Waals surface area contributed by atoms with Gasteiger partial charge in [-0.1, -0.05) is 49.3 Å². The van der Waals surface area contributed by atoms with Crippen LogP contribution in [-0.4, -0.2) is 16.2 Å². The summed E-state index contributed by atoms with van der Waals surface area (Å²) in [6, 6.07) is 9.14. The molecule has 1 amide bonds. The predicted molar refractivity (Wildman–Crippen MR) is 76.4 cm³/mol. The number of carbonyl (C=O) groups is 1. The van der Waals surface area contributed by atoms with Gasteiger partial charge in [0.1, 0.15) is 12.6 Å². The molecule has 0 fully saturated rings. The van der Waals surface area contributed by atoms with Crippen molar-refractivity contribution in [3.8, 4) is 0 Å². The fraction of sp³-hybridized carbons (Fsp3) is 0.400. The number of nitrogens with one attached hydrogen (secondary N) is 1. The normalized spacial score (nSPS) is 12.2. The first-order valence-corrected chi connectivity index (χ1v) is 6.83. The summed E-state index contributed by atoms with van der Waals surface area (Å²) in [5, 5.41) is 6.50. The first-order valence-electron chi connectivity index (χ1n) is 6.83. The van der Waals surface area contributed by atoms with E-state index in [1.54, 1.807) is 6.92 Å². The van der Waals surface area contributed by atoms with E-state index < -0.39 is 6.09 Å². The summed E-state index contributed by atoms with van der Waals surface area (Å²) in [6.45, 7) is 5.88. The van der Waals surface area contributed by atoms with Gasteiger partial charge in [-0.2, -0.15) is 4.98 Å². The highest BCUT2D eigenvalue weighted by atomic mass is 16.5. The van der Waals surface area contributed by atoms with Crippen molar-refractivity contribution in [1.82, 2.24) is 15.5 Å². The number of aryl methyl sites for hydroxylation is 1. The minimum Gasteiger partial charge on any atom is -0.445 e. The fourth-order valence-electron chi connectivity index (χ4n) is 1.84. The van der Waals surface area contributed by atoms with Crippen molar-refractivity contribution < 1.29 is 14.1 Å². The van der Waals surface area contributed by atoms with Crippen LogP contribution in [0.15, 0.2) is 34.9 Å². The summed E-state index contributed by atoms with van der Waals surface area (Å²) in [6.07, 6.45) is -0.506. The van der Waals surface area contributed by atoms with Crippen molar-refractivity contribution in [2.75, 3.05) is 0 Å². The van der Waals surface area contributed by atoms with Crippen molar-refractivity contribution in [3.05, 3.63) is 47.6 Å². The molecule has 0 aliphatic rings. The molecule has 6 nitrogen and oxygen atoms in total. The van der Waals surface area contributed by atoms with Crippen LogP contribution in [-0.2, 0) is 11.3 Å². The Bertz CT molecular complexity index is 581. The van der Waals surface area contributed by atoms with E-state index in [0.717, 1.165) is 5.56 Å². The van der Waals surface area contributed by atoms with Crippen molar-refractivity contribution in [1.29, 1.82) is 0 Å². The molecule has 2 aromatic rings. The minimum absolute atomic E-state index is 0.106. The SMILES string of the molecule is Cc1noc(C(NC(=O)OCc2ccccc2)C(C)C)n1. The van der Waals surface area contributed by atoms with Crippen LogP contribution in [0.2, 0.25) is 0 Å². The van der Waals surface area contributed by atoms with Crippen molar-refractivity contribution >= 4 is 6.09 Å². The Hall–Kier alpha value is -2.37. The van der Waals surface area contributed by atoms with Gasteiger partial charge in [-0.15, -0.1) is 0 Å². The van der Waals surface area contributed by atoms with Crippen LogP contribution in [0.25, 0.3) is 0 Å². The molecule has 1 unspecified atom stereocenters. The smallest absolute Gasteiger partial charge is 0.408 e. The zero-order chi connectivity index (χ0) is 15.2. The number of ether oxygens (including phenoxy) is 1. The van der Waals surface area contributed by atoms with Gasteiger partial charge >= 0.3 is 6.09 Å². The summed E-state index contributed by atoms with van der Waals surface area (Å²) < 4.78 is 10.3. The summed E-state index contributed by atoms with van der Waals surface area (Å²) in [7, 11) is 0. The maximum absolute atomic E-state index is 11.9. The van der Waals surface area contributed by atoms with Crippen molar-refractivity contribution in [2.45, 2.75) is 33.4 Å². The Morgan fingerprint density at radius 3 is 2.62 bits per heavy atom. The van der Waals surface area contributed by atoms with E-state index >= 15 is 0 Å². The molecule has 1 N–H and O–H groups in total. The molecule has 0 radical (unpaired) electrons. The molecule has 1 aromatic heterocycles. The molecule has 0 aliphatic carbocycles. The van der Waals surface area contributed by atoms with Crippen LogP contribution in [0, 0.1) is 12.8 Å². The molecule has 1 heterocycles. The Kier molecular flexibility index (Phi) is 4.92. The number of hydrogen-bond acceptors (Lipinski definition) is 5. The van der Waals surface area contributed by atoms with Gasteiger partial charge in [-0.3, -0.25) is 0 Å². The zero-order valence-corrected chi connectivity index (χ0v) is 12.4. The van der Waals surface area contributed by atoms with E-state index in [2.05, 4.69) is 15.5 Å². The third-order valence-electron chi connectivity index (χ3n) is 2.96. The third kappa shape index (κ3) is 4.30. The van der Waals surface area contributed by atoms with E-state index in [0.29, 0.717) is 11.7 Å². The third-order valence-corrected chi connectivity index (χ3v) is 2.96. The topological polar surface area (TPSA) is 77.2 Å². The summed E-state index contributed by atoms with van der Waals surface area (Å²) >= 11 is 0. The Morgan fingerprint density at radius 2 is 2.05 bits per heavy atom. The van der Waals surface area contributed by atoms with Crippen LogP contribution in [0.1, 0.15) is 37.2 Å². The van der Waals surface area contributed by atoms with Gasteiger partial charge in [0.2, 0.25) is 5.89 Å². The molecule has 2 rings (SSSR count). The maximum atomic E-state index is 11.9. The lowest BCUT2D eigenvalue weighted by molar-refractivity contribution is 0.129. The Balaban J connectivity index is 1.93. The molecular formula is C15H19N3O3. The number of amides is 1. The molecule has 1 atom stereocenters. The second-order valence-electron chi connectivity index (χ2n) is 5.11. The highest BCUT2D eigenvalue weighted by Crippen LogP contribution is 2.20. The molecule has 112 valence electrons. The maximum Gasteiger partial charge on any atom is 0.408 e. The van der Waals surface area contributed by atoms with E-state index in [-0.39, 0.29) is 18.6 Å². The van der Waals surface area contributed by atoms with Crippen LogP contribution in [0.4, 0.5) is 4.79 Å². The molecule has 21 heavy (non-hydrogen) atoms. The zero-order valence-electron chi connectivity index (χ0n) is 12.4. The van der Waals surface area contributed by atoms with E-state index in [9.17, 15) is 4.79 Å². The largest absolute Gasteiger partial charge is 0.445 e. The quantitative estimate of drug-likeness (QED) is 0.915. The highest BCUT2D eigenvalue weighted by molar-refractivity contribution is 5.67. The molecular weight excluding hydrogens is 270 g/mol. The lowest BCUT2D eigenvalue weighted by Crippen LogP contribution is -2.32. The average Bonchev–Trinajstić information content (AvgIpc) is 2.89. The number of rotatable bonds is 5. The summed E-state index contributed by atoms with van der Waals surface area (Å²) in [5.74, 6) is 1.03. The number of nitrogens with zero attached hydrogens (tertiary/aromatic N) is 2. The summed E-state index contributed by atoms with van der Waals surface area (Å²) in [4.78, 5) is 16.0. The number of carbonyl (C=O) groups excluding carboxylic acids is 1. The number of hydrogen-bond donors (Lipinski definition) is 1. The van der Waals surface area contributed by atoms with Crippen LogP contribution < -0.4 is 5.32 Å². The summed E-state index contributed by atoms with van der Waals surface area (Å²) in [5.41, 5.74) is 0.933. The lowest BCUT2D eigenvalue weighted by atomic mass is 10.1. The predicted octanol–water partition coefficient (Wildman–Crippen LogP) is 3.00. The van der Waals surface area contributed by atoms with E-state index in [4.69, 9.17) is 9.26 Å². The Morgan fingerprint density at radius 1 is 1.33 bits per heavy atom. The molecule has 0 saturated heterocycles. The number of aromatic nitrogens is 2. The standard InChI is InChI=1S/C15H19N3O3/c1-10(2)13(14-16-11(3)18-21-14)17-15(19)20-9-12-7-5-4-6-8-12/h4-8,10,13H,9H2,1-3H3,(H,17,19). The van der Waals surface area contributed by atoms with Crippen molar-refractivity contribution in [3.63, 3.8) is 0 Å². The minimum atomic E-state index is -0.506. The number of benzene rings is 1. The first-order chi connectivity index (χ1) is 10.1. The fourth-order valence-corrected chi connectivity index (χ4v) is 1.84. The molecule has 1 aromatic carbocycles. The van der Waals surface area contributed by atoms with Gasteiger partial charge in [0.05, 0.1) is 0 Å². The van der Waals surface area contributed by atoms with Crippen LogP contribution >= 0.6 is 0 Å². The van der Waals surface area contributed by atoms with Gasteiger partial charge < -0.3 is 14.6 Å². The highest BCUT2D eigenvalue weighted by Gasteiger charge is 2.24. The van der Waals surface area contributed by atoms with Gasteiger partial charge in [0.15, 0.2) is 5.82 Å². The molecule has 6 heteroatoms. The molecule has 0 spiro atoms. The van der Waals surface area contributed by atoms with Gasteiger partial charge in [0, 0.05) is 0 Å². The van der Waals surface area contributed by atoms with Gasteiger partial charge in [-0.25, -0.2) is 4.79 Å².